The summed E-state index contributed by atoms with van der Waals surface area (Å²) in [6, 6.07) is -2.52. The number of hydrogen-bond donors (Lipinski definition) is 4. The molecule has 0 spiro atoms. The van der Waals surface area contributed by atoms with Crippen molar-refractivity contribution in [2.45, 2.75) is 31.0 Å². The number of amidine groups is 1. The van der Waals surface area contributed by atoms with Crippen LogP contribution in [0.5, 0.6) is 0 Å². The fourth-order valence-corrected chi connectivity index (χ4v) is 4.56. The Morgan fingerprint density at radius 3 is 2.75 bits per heavy atom. The molecule has 0 aliphatic carbocycles. The molecule has 2 fully saturated rings. The van der Waals surface area contributed by atoms with Crippen LogP contribution in [-0.2, 0) is 26.6 Å². The van der Waals surface area contributed by atoms with E-state index < -0.39 is 34.6 Å². The minimum absolute atomic E-state index is 0.0256. The summed E-state index contributed by atoms with van der Waals surface area (Å²) in [5.41, 5.74) is 1.02. The highest BCUT2D eigenvalue weighted by Crippen LogP contribution is 2.44. The summed E-state index contributed by atoms with van der Waals surface area (Å²) >= 11 is 0. The molecule has 1 aromatic heterocycles. The minimum Gasteiger partial charge on any atom is -0.372 e. The molecule has 2 atom stereocenters. The zero-order valence-electron chi connectivity index (χ0n) is 17.4. The van der Waals surface area contributed by atoms with Gasteiger partial charge >= 0.3 is 22.5 Å². The van der Waals surface area contributed by atoms with Crippen LogP contribution in [0.4, 0.5) is 9.59 Å². The van der Waals surface area contributed by atoms with E-state index in [1.165, 1.54) is 15.8 Å². The van der Waals surface area contributed by atoms with Gasteiger partial charge < -0.3 is 20.9 Å². The molecule has 0 unspecified atom stereocenters. The second-order valence-corrected chi connectivity index (χ2v) is 8.57. The largest absolute Gasteiger partial charge is 0.433 e. The maximum atomic E-state index is 12.9. The lowest BCUT2D eigenvalue weighted by Gasteiger charge is -2.31. The lowest BCUT2D eigenvalue weighted by Crippen LogP contribution is -2.44. The van der Waals surface area contributed by atoms with E-state index in [0.29, 0.717) is 16.3 Å². The van der Waals surface area contributed by atoms with Gasteiger partial charge in [-0.2, -0.15) is 18.6 Å². The quantitative estimate of drug-likeness (QED) is 0.136. The third-order valence-corrected chi connectivity index (χ3v) is 5.96. The molecule has 3 amide bonds. The van der Waals surface area contributed by atoms with Crippen LogP contribution in [0.25, 0.3) is 0 Å². The lowest BCUT2D eigenvalue weighted by molar-refractivity contribution is -0.0316. The van der Waals surface area contributed by atoms with E-state index in [2.05, 4.69) is 30.5 Å². The van der Waals surface area contributed by atoms with Gasteiger partial charge in [-0.3, -0.25) is 14.1 Å². The number of hydroxylamine groups is 2. The highest BCUT2D eigenvalue weighted by atomic mass is 32.3. The first-order valence-electron chi connectivity index (χ1n) is 9.92. The van der Waals surface area contributed by atoms with Crippen molar-refractivity contribution in [1.82, 2.24) is 35.7 Å². The monoisotopic (exact) mass is 472 g/mol. The number of rotatable bonds is 5. The Kier molecular flexibility index (Phi) is 5.93. The third kappa shape index (κ3) is 4.21. The van der Waals surface area contributed by atoms with Crippen molar-refractivity contribution < 1.29 is 31.7 Å². The van der Waals surface area contributed by atoms with Crippen LogP contribution in [-0.4, -0.2) is 83.4 Å². The van der Waals surface area contributed by atoms with Crippen molar-refractivity contribution >= 4 is 28.4 Å². The number of urea groups is 1. The van der Waals surface area contributed by atoms with Gasteiger partial charge in [-0.15, -0.1) is 4.28 Å². The topological polar surface area (TPSA) is 180 Å². The molecule has 3 aliphatic rings. The molecule has 176 valence electrons. The van der Waals surface area contributed by atoms with E-state index in [1.54, 1.807) is 14.1 Å². The predicted octanol–water partition coefficient (Wildman–Crippen LogP) is -1.00. The molecule has 3 aliphatic heterocycles. The Morgan fingerprint density at radius 2 is 2.09 bits per heavy atom. The number of aryl methyl sites for hydroxylation is 1. The number of fused-ring (bicyclic) bond motifs is 4. The van der Waals surface area contributed by atoms with Crippen molar-refractivity contribution in [2.24, 2.45) is 12.2 Å². The summed E-state index contributed by atoms with van der Waals surface area (Å²) in [5.74, 6) is 0.121. The average Bonchev–Trinajstić information content (AvgIpc) is 3.24. The van der Waals surface area contributed by atoms with Gasteiger partial charge in [-0.1, -0.05) is 5.16 Å². The van der Waals surface area contributed by atoms with Crippen molar-refractivity contribution in [2.75, 3.05) is 26.7 Å². The summed E-state index contributed by atoms with van der Waals surface area (Å²) < 4.78 is 37.6. The molecule has 0 aromatic carbocycles. The zero-order valence-corrected chi connectivity index (χ0v) is 18.2. The molecule has 0 radical (unpaired) electrons. The van der Waals surface area contributed by atoms with Crippen molar-refractivity contribution in [3.05, 3.63) is 17.5 Å². The van der Waals surface area contributed by atoms with Gasteiger partial charge in [0.05, 0.1) is 18.4 Å². The number of oxime groups is 1. The van der Waals surface area contributed by atoms with E-state index in [0.717, 1.165) is 25.9 Å². The van der Waals surface area contributed by atoms with Crippen molar-refractivity contribution in [3.8, 4) is 0 Å². The summed E-state index contributed by atoms with van der Waals surface area (Å²) in [6.45, 7) is 1.63. The number of hydrogen-bond acceptors (Lipinski definition) is 9. The van der Waals surface area contributed by atoms with E-state index in [1.807, 2.05) is 0 Å². The summed E-state index contributed by atoms with van der Waals surface area (Å²) in [7, 11) is -1.74. The highest BCUT2D eigenvalue weighted by Gasteiger charge is 2.53. The number of carbonyl (C=O) groups is 2. The lowest BCUT2D eigenvalue weighted by atomic mass is 9.97. The maximum absolute atomic E-state index is 12.9. The molecule has 4 N–H and O–H groups in total. The van der Waals surface area contributed by atoms with Crippen LogP contribution >= 0.6 is 0 Å². The molecule has 2 bridgehead atoms. The van der Waals surface area contributed by atoms with E-state index in [9.17, 15) is 18.0 Å². The van der Waals surface area contributed by atoms with Crippen LogP contribution < -0.4 is 16.0 Å². The molecule has 4 heterocycles. The Morgan fingerprint density at radius 1 is 1.38 bits per heavy atom. The Balaban J connectivity index is 1.59. The van der Waals surface area contributed by atoms with Crippen molar-refractivity contribution in [3.63, 3.8) is 0 Å². The van der Waals surface area contributed by atoms with Crippen molar-refractivity contribution in [1.29, 1.82) is 0 Å². The number of amides is 3. The average molecular weight is 472 g/mol. The predicted molar refractivity (Wildman–Crippen MR) is 107 cm³/mol. The summed E-state index contributed by atoms with van der Waals surface area (Å²) in [6.07, 6.45) is 2.28. The number of nitrogens with one attached hydrogen (secondary N) is 3. The van der Waals surface area contributed by atoms with Crippen LogP contribution in [0, 0.1) is 0 Å². The number of carbonyl (C=O) groups excluding carboxylic acids is 2. The second-order valence-electron chi connectivity index (χ2n) is 7.56. The maximum Gasteiger partial charge on any atom is 0.433 e. The Labute approximate surface area is 183 Å². The van der Waals surface area contributed by atoms with E-state index in [4.69, 9.17) is 9.39 Å². The first kappa shape index (κ1) is 22.3. The van der Waals surface area contributed by atoms with Gasteiger partial charge in [0.25, 0.3) is 0 Å². The van der Waals surface area contributed by atoms with Gasteiger partial charge in [0.15, 0.2) is 5.84 Å². The fourth-order valence-electron chi connectivity index (χ4n) is 4.19. The molecule has 2 saturated heterocycles. The minimum atomic E-state index is -4.93. The molecular formula is C16H24N8O7S. The van der Waals surface area contributed by atoms with E-state index >= 15 is 0 Å². The van der Waals surface area contributed by atoms with Gasteiger partial charge in [-0.25, -0.2) is 9.59 Å². The van der Waals surface area contributed by atoms with Crippen LogP contribution in [0.15, 0.2) is 11.4 Å². The number of nitrogens with zero attached hydrogens (tertiary/aromatic N) is 5. The van der Waals surface area contributed by atoms with Gasteiger partial charge in [0.2, 0.25) is 0 Å². The SMILES string of the molecule is CN/C(=N\OC(=O)NC1CCNCC1)[C@@H]1c2c(cnn2C)[C@H]2CN1C(=O)N2OS(=O)(=O)O. The Hall–Kier alpha value is -2.95. The van der Waals surface area contributed by atoms with E-state index in [-0.39, 0.29) is 18.4 Å². The van der Waals surface area contributed by atoms with Crippen LogP contribution in [0.2, 0.25) is 0 Å². The first-order chi connectivity index (χ1) is 15.2. The van der Waals surface area contributed by atoms with Crippen LogP contribution in [0.1, 0.15) is 36.2 Å². The summed E-state index contributed by atoms with van der Waals surface area (Å²) in [4.78, 5) is 31.4. The molecule has 0 saturated carbocycles. The van der Waals surface area contributed by atoms with Gasteiger partial charge in [-0.05, 0) is 25.9 Å². The normalized spacial score (nSPS) is 23.8. The number of likely N-dealkylation sites (N-methyl/N-ethyl adjacent to an activating group) is 1. The zero-order chi connectivity index (χ0) is 23.0. The highest BCUT2D eigenvalue weighted by molar-refractivity contribution is 7.80. The number of aromatic nitrogens is 2. The molecule has 4 rings (SSSR count). The molecule has 32 heavy (non-hydrogen) atoms. The van der Waals surface area contributed by atoms with Gasteiger partial charge in [0, 0.05) is 25.7 Å². The second kappa shape index (κ2) is 8.53. The molecule has 16 heteroatoms. The molecule has 15 nitrogen and oxygen atoms in total. The van der Waals surface area contributed by atoms with Crippen LogP contribution in [0.3, 0.4) is 0 Å². The summed E-state index contributed by atoms with van der Waals surface area (Å²) in [5, 5.41) is 17.5. The first-order valence-corrected chi connectivity index (χ1v) is 11.3. The Bertz CT molecular complexity index is 1040. The smallest absolute Gasteiger partial charge is 0.372 e. The third-order valence-electron chi connectivity index (χ3n) is 5.61. The fraction of sp³-hybridized carbons (Fsp3) is 0.625. The molecule has 1 aromatic rings. The van der Waals surface area contributed by atoms with Gasteiger partial charge in [0.1, 0.15) is 12.1 Å². The number of piperidine rings is 1. The standard InChI is InChI=1S/C16H24N8O7S/c1-17-14(21-30-15(25)20-9-3-5-18-6-4-9)13-12-10(7-19-22(12)2)11-8-23(13)16(26)24(11)31-32(27,28)29/h7,9,11,13,18H,3-6,8H2,1-2H3,(H,17,21)(H,20,25)(H,27,28,29)/t11-,13+/m1/s1. The molecular weight excluding hydrogens is 448 g/mol.